The average Bonchev–Trinajstić information content (AvgIpc) is 4.05. The summed E-state index contributed by atoms with van der Waals surface area (Å²) in [6.07, 6.45) is 2.01. The van der Waals surface area contributed by atoms with Gasteiger partial charge in [-0.2, -0.15) is 0 Å². The van der Waals surface area contributed by atoms with Crippen LogP contribution < -0.4 is 25.8 Å². The molecule has 8 aromatic rings. The predicted molar refractivity (Wildman–Crippen MR) is 277 cm³/mol. The fourth-order valence-electron chi connectivity index (χ4n) is 6.40. The molecule has 0 radical (unpaired) electrons. The Morgan fingerprint density at radius 2 is 0.986 bits per heavy atom. The van der Waals surface area contributed by atoms with E-state index in [1.54, 1.807) is 85.2 Å². The minimum absolute atomic E-state index is 0. The van der Waals surface area contributed by atoms with Crippen molar-refractivity contribution in [1.29, 1.82) is 0 Å². The number of carbonyl (C=O) groups is 6. The summed E-state index contributed by atoms with van der Waals surface area (Å²) in [5.41, 5.74) is 10.8. The van der Waals surface area contributed by atoms with Gasteiger partial charge in [-0.25, -0.2) is 24.0 Å². The molecule has 0 saturated carbocycles. The summed E-state index contributed by atoms with van der Waals surface area (Å²) >= 11 is 2.64. The Labute approximate surface area is 428 Å². The zero-order valence-corrected chi connectivity index (χ0v) is 41.4. The number of fused-ring (bicyclic) bond motifs is 2. The van der Waals surface area contributed by atoms with Crippen LogP contribution in [0.3, 0.4) is 0 Å². The Bertz CT molecular complexity index is 3050. The third-order valence-electron chi connectivity index (χ3n) is 10.1. The molecule has 4 heterocycles. The summed E-state index contributed by atoms with van der Waals surface area (Å²) in [5.74, 6) is -1.61. The molecule has 0 spiro atoms. The maximum absolute atomic E-state index is 12.9. The number of nitrogens with two attached hydrogens (primary N) is 1. The van der Waals surface area contributed by atoms with Crippen LogP contribution in [0, 0.1) is 13.8 Å². The molecule has 16 nitrogen and oxygen atoms in total. The lowest BCUT2D eigenvalue weighted by Gasteiger charge is -2.17. The van der Waals surface area contributed by atoms with Crippen molar-refractivity contribution in [3.8, 4) is 11.5 Å². The molecule has 0 aliphatic heterocycles. The second-order valence-corrected chi connectivity index (χ2v) is 17.5. The van der Waals surface area contributed by atoms with Crippen molar-refractivity contribution in [3.05, 3.63) is 190 Å². The molecule has 4 aromatic heterocycles. The number of nitrogens with zero attached hydrogens (tertiary/aromatic N) is 2. The first-order valence-electron chi connectivity index (χ1n) is 22.0. The number of aryl methyl sites for hydroxylation is 2. The highest BCUT2D eigenvalue weighted by molar-refractivity contribution is 7.21. The topological polar surface area (TPSA) is 235 Å². The number of ether oxygens (including phenoxy) is 4. The smallest absolute Gasteiger partial charge is 0.408 e. The van der Waals surface area contributed by atoms with Crippen LogP contribution in [0.4, 0.5) is 9.59 Å². The number of Topliss-reactive ketones (excluding diaryl/α,β-unsaturated/α-hetero) is 1. The minimum atomic E-state index is -1.06. The van der Waals surface area contributed by atoms with Crippen molar-refractivity contribution in [2.24, 2.45) is 5.73 Å². The lowest BCUT2D eigenvalue weighted by molar-refractivity contribution is -0.137. The monoisotopic (exact) mass is 1030 g/mol. The maximum atomic E-state index is 12.9. The molecule has 72 heavy (non-hydrogen) atoms. The average molecular weight is 1030 g/mol. The van der Waals surface area contributed by atoms with Gasteiger partial charge in [-0.3, -0.25) is 14.8 Å². The molecule has 19 heteroatoms. The second-order valence-electron chi connectivity index (χ2n) is 15.4. The fraction of sp³-hybridized carbons (Fsp3) is 0.170. The number of aromatic nitrogens is 2. The largest absolute Gasteiger partial charge is 0.477 e. The van der Waals surface area contributed by atoms with Gasteiger partial charge in [0.1, 0.15) is 41.7 Å². The summed E-state index contributed by atoms with van der Waals surface area (Å²) in [4.78, 5) is 81.9. The van der Waals surface area contributed by atoms with Crippen LogP contribution in [0.1, 0.15) is 54.4 Å². The van der Waals surface area contributed by atoms with Gasteiger partial charge in [0, 0.05) is 25.4 Å². The van der Waals surface area contributed by atoms with E-state index in [0.717, 1.165) is 42.7 Å². The van der Waals surface area contributed by atoms with Gasteiger partial charge >= 0.3 is 30.1 Å². The number of thiophene rings is 2. The summed E-state index contributed by atoms with van der Waals surface area (Å²) in [6, 6.07) is 40.6. The molecule has 0 bridgehead atoms. The molecule has 2 atom stereocenters. The number of rotatable bonds is 16. The number of carbonyl (C=O) groups excluding carboxylic acids is 5. The normalized spacial score (nSPS) is 11.2. The maximum Gasteiger partial charge on any atom is 0.408 e. The number of pyridine rings is 2. The van der Waals surface area contributed by atoms with Crippen molar-refractivity contribution in [3.63, 3.8) is 0 Å². The number of hydrogen-bond donors (Lipinski definition) is 4. The number of carboxylic acid groups (broad SMARTS) is 1. The number of carboxylic acids is 1. The van der Waals surface area contributed by atoms with Gasteiger partial charge in [-0.05, 0) is 91.1 Å². The van der Waals surface area contributed by atoms with E-state index < -0.39 is 42.2 Å². The number of ketones is 1. The third-order valence-corrected chi connectivity index (χ3v) is 12.6. The van der Waals surface area contributed by atoms with E-state index in [1.807, 2.05) is 86.6 Å². The molecule has 8 rings (SSSR count). The van der Waals surface area contributed by atoms with Crippen LogP contribution in [0.25, 0.3) is 20.4 Å². The number of hydrogen-bond acceptors (Lipinski definition) is 15. The molecule has 5 N–H and O–H groups in total. The Morgan fingerprint density at radius 3 is 1.42 bits per heavy atom. The first kappa shape index (κ1) is 54.9. The third kappa shape index (κ3) is 16.8. The van der Waals surface area contributed by atoms with E-state index in [4.69, 9.17) is 29.8 Å². The number of nitrogens with one attached hydrogen (secondary N) is 2. The predicted octanol–water partition coefficient (Wildman–Crippen LogP) is 10.0. The number of para-hydroxylation sites is 2. The molecular formula is C53H50ClN5O11S2. The van der Waals surface area contributed by atoms with Crippen LogP contribution in [0.2, 0.25) is 0 Å². The molecule has 2 amide bonds. The highest BCUT2D eigenvalue weighted by atomic mass is 35.5. The van der Waals surface area contributed by atoms with Crippen LogP contribution in [0.15, 0.2) is 158 Å². The van der Waals surface area contributed by atoms with E-state index >= 15 is 0 Å². The SMILES string of the molecule is Cc1ccnc2cc(C(=O)CC[C@@H](NC(=O)OCc3ccccc3)C(=O)Oc3ccccc3)sc12.Cc1ccnc2cc(C(=O)O)sc12.Cl.NC[C@@H](NC(=O)OCc1ccccc1)C(=O)Oc1ccccc1. The quantitative estimate of drug-likeness (QED) is 0.0401. The Morgan fingerprint density at radius 1 is 0.583 bits per heavy atom. The number of alkyl carbamates (subject to hydrolysis) is 2. The Hall–Kier alpha value is -8.03. The molecule has 0 saturated heterocycles. The van der Waals surface area contributed by atoms with Gasteiger partial charge in [-0.1, -0.05) is 97.1 Å². The van der Waals surface area contributed by atoms with E-state index in [9.17, 15) is 28.8 Å². The van der Waals surface area contributed by atoms with E-state index in [2.05, 4.69) is 20.6 Å². The summed E-state index contributed by atoms with van der Waals surface area (Å²) in [6.45, 7) is 3.99. The van der Waals surface area contributed by atoms with Gasteiger partial charge in [-0.15, -0.1) is 35.1 Å². The number of amides is 2. The van der Waals surface area contributed by atoms with E-state index in [-0.39, 0.29) is 50.8 Å². The van der Waals surface area contributed by atoms with E-state index in [0.29, 0.717) is 21.3 Å². The molecule has 0 fully saturated rings. The van der Waals surface area contributed by atoms with Crippen LogP contribution in [0.5, 0.6) is 11.5 Å². The standard InChI is InChI=1S/C27H24N2O5S.C17H18N2O4.C9H7NO2S.ClH/c1-18-14-15-28-22-16-24(35-25(18)22)23(30)13-12-21(26(31)34-20-10-6-3-7-11-20)29-27(32)33-17-19-8-4-2-5-9-19;18-11-15(16(20)23-14-9-5-2-6-10-14)19-17(21)22-12-13-7-3-1-4-8-13;1-5-2-3-10-6-4-7(9(11)12)13-8(5)6;/h2-11,14-16,21H,12-13,17H2,1H3,(H,29,32);1-10,15H,11-12,18H2,(H,19,21);2-4H,1H3,(H,11,12);1H/t21-;15-;;/m11../s1. The fourth-order valence-corrected chi connectivity index (χ4v) is 8.37. The number of benzene rings is 4. The van der Waals surface area contributed by atoms with Crippen molar-refractivity contribution in [1.82, 2.24) is 20.6 Å². The molecule has 0 aliphatic carbocycles. The van der Waals surface area contributed by atoms with Crippen LogP contribution in [-0.4, -0.2) is 69.6 Å². The Kier molecular flexibility index (Phi) is 21.3. The number of esters is 2. The van der Waals surface area contributed by atoms with Crippen molar-refractivity contribution in [2.75, 3.05) is 6.54 Å². The molecule has 372 valence electrons. The summed E-state index contributed by atoms with van der Waals surface area (Å²) in [5, 5.41) is 13.7. The van der Waals surface area contributed by atoms with Crippen LogP contribution in [-0.2, 0) is 32.3 Å². The molecule has 4 aromatic carbocycles. The molecule has 0 unspecified atom stereocenters. The molecular weight excluding hydrogens is 982 g/mol. The van der Waals surface area contributed by atoms with Gasteiger partial charge in [0.2, 0.25) is 0 Å². The number of halogens is 1. The highest BCUT2D eigenvalue weighted by Crippen LogP contribution is 2.29. The van der Waals surface area contributed by atoms with Crippen molar-refractivity contribution >= 4 is 91.4 Å². The summed E-state index contributed by atoms with van der Waals surface area (Å²) < 4.78 is 22.8. The lowest BCUT2D eigenvalue weighted by Crippen LogP contribution is -2.47. The van der Waals surface area contributed by atoms with Crippen molar-refractivity contribution in [2.45, 2.75) is 52.0 Å². The Balaban J connectivity index is 0.000000222. The van der Waals surface area contributed by atoms with Gasteiger partial charge in [0.05, 0.1) is 25.3 Å². The number of aromatic carboxylic acids is 1. The molecule has 0 aliphatic rings. The lowest BCUT2D eigenvalue weighted by atomic mass is 10.1. The van der Waals surface area contributed by atoms with Crippen LogP contribution >= 0.6 is 35.1 Å². The first-order valence-corrected chi connectivity index (χ1v) is 23.6. The van der Waals surface area contributed by atoms with Gasteiger partial charge in [0.25, 0.3) is 0 Å². The second kappa shape index (κ2) is 28.0. The summed E-state index contributed by atoms with van der Waals surface area (Å²) in [7, 11) is 0. The zero-order chi connectivity index (χ0) is 50.5. The van der Waals surface area contributed by atoms with Gasteiger partial charge < -0.3 is 40.4 Å². The zero-order valence-electron chi connectivity index (χ0n) is 38.9. The first-order chi connectivity index (χ1) is 34.4. The van der Waals surface area contributed by atoms with Gasteiger partial charge in [0.15, 0.2) is 5.78 Å². The van der Waals surface area contributed by atoms with Crippen molar-refractivity contribution < 1.29 is 52.8 Å². The van der Waals surface area contributed by atoms with E-state index in [1.165, 1.54) is 22.7 Å². The minimum Gasteiger partial charge on any atom is -0.477 e. The highest BCUT2D eigenvalue weighted by Gasteiger charge is 2.26.